The number of carbonyl (C=O) groups is 4. The Balaban J connectivity index is 2.13. The van der Waals surface area contributed by atoms with E-state index in [1.165, 1.54) is 71.1 Å². The summed E-state index contributed by atoms with van der Waals surface area (Å²) in [6.45, 7) is 13.2. The smallest absolute Gasteiger partial charge is 0.245 e. The predicted molar refractivity (Wildman–Crippen MR) is 232 cm³/mol. The van der Waals surface area contributed by atoms with E-state index in [4.69, 9.17) is 11.5 Å². The highest BCUT2D eigenvalue weighted by Crippen LogP contribution is 2.27. The lowest BCUT2D eigenvalue weighted by molar-refractivity contribution is -0.140. The van der Waals surface area contributed by atoms with Gasteiger partial charge in [0.15, 0.2) is 5.96 Å². The second-order valence-electron chi connectivity index (χ2n) is 17.6. The monoisotopic (exact) mass is 779 g/mol. The molecule has 1 aromatic heterocycles. The van der Waals surface area contributed by atoms with Crippen molar-refractivity contribution in [3.05, 3.63) is 36.0 Å². The van der Waals surface area contributed by atoms with Gasteiger partial charge in [0.25, 0.3) is 0 Å². The van der Waals surface area contributed by atoms with E-state index < -0.39 is 12.0 Å². The van der Waals surface area contributed by atoms with Crippen LogP contribution in [0.25, 0.3) is 10.9 Å². The summed E-state index contributed by atoms with van der Waals surface area (Å²) in [6, 6.07) is 7.04. The summed E-state index contributed by atoms with van der Waals surface area (Å²) in [5, 5.41) is 4.06. The normalized spacial score (nSPS) is 13.2. The number of nitrogens with one attached hydrogen (secondary N) is 2. The number of unbranched alkanes of at least 4 members (excludes halogenated alkanes) is 12. The number of rotatable bonds is 31. The van der Waals surface area contributed by atoms with Gasteiger partial charge in [0.1, 0.15) is 17.6 Å². The van der Waals surface area contributed by atoms with Gasteiger partial charge in [0.05, 0.1) is 6.54 Å². The molecule has 1 aromatic carbocycles. The number of benzene rings is 1. The number of aromatic amines is 1. The molecule has 0 radical (unpaired) electrons. The number of aromatic nitrogens is 1. The molecular weight excluding hydrogens is 701 g/mol. The molecule has 0 aliphatic heterocycles. The van der Waals surface area contributed by atoms with Gasteiger partial charge in [-0.25, -0.2) is 0 Å². The van der Waals surface area contributed by atoms with Crippen LogP contribution in [0.5, 0.6) is 0 Å². The number of H-pyrrole nitrogens is 1. The molecule has 3 atom stereocenters. The fourth-order valence-electron chi connectivity index (χ4n) is 7.87. The van der Waals surface area contributed by atoms with Gasteiger partial charge in [0.2, 0.25) is 11.8 Å². The zero-order valence-corrected chi connectivity index (χ0v) is 36.1. The zero-order chi connectivity index (χ0) is 41.3. The first kappa shape index (κ1) is 48.5. The van der Waals surface area contributed by atoms with Crippen LogP contribution in [0.15, 0.2) is 35.5 Å². The van der Waals surface area contributed by atoms with Gasteiger partial charge in [0, 0.05) is 48.9 Å². The molecule has 1 unspecified atom stereocenters. The number of para-hydroxylation sites is 1. The van der Waals surface area contributed by atoms with Gasteiger partial charge in [-0.2, -0.15) is 0 Å². The van der Waals surface area contributed by atoms with E-state index in [-0.39, 0.29) is 47.7 Å². The maximum atomic E-state index is 14.3. The SMILES string of the molecule is CCCCCCCCCCCCCCCC(=O)C[C@H](Cc1c[nH]c2ccccc12)C(=O)N[C@@H](CCCN=C(N)N)C(=O)N(CCC(C)CC(C)(C)C)CC(C)=O. The number of nitrogens with two attached hydrogens (primary N) is 2. The van der Waals surface area contributed by atoms with Crippen molar-refractivity contribution in [3.63, 3.8) is 0 Å². The minimum absolute atomic E-state index is 0.0300. The summed E-state index contributed by atoms with van der Waals surface area (Å²) < 4.78 is 0. The number of hydrogen-bond acceptors (Lipinski definition) is 5. The minimum Gasteiger partial charge on any atom is -0.370 e. The number of hydrogen-bond donors (Lipinski definition) is 4. The fraction of sp³-hybridized carbons (Fsp3) is 0.717. The van der Waals surface area contributed by atoms with Crippen molar-refractivity contribution < 1.29 is 19.2 Å². The van der Waals surface area contributed by atoms with Gasteiger partial charge in [-0.3, -0.25) is 24.2 Å². The van der Waals surface area contributed by atoms with E-state index in [0.717, 1.165) is 48.6 Å². The number of amides is 2. The fourth-order valence-corrected chi connectivity index (χ4v) is 7.87. The van der Waals surface area contributed by atoms with Crippen molar-refractivity contribution in [3.8, 4) is 0 Å². The van der Waals surface area contributed by atoms with Crippen molar-refractivity contribution >= 4 is 40.2 Å². The third-order valence-corrected chi connectivity index (χ3v) is 10.7. The first-order valence-corrected chi connectivity index (χ1v) is 21.9. The van der Waals surface area contributed by atoms with Crippen molar-refractivity contribution in [2.45, 2.75) is 176 Å². The van der Waals surface area contributed by atoms with Crippen LogP contribution in [0.2, 0.25) is 0 Å². The van der Waals surface area contributed by atoms with Crippen LogP contribution in [0, 0.1) is 17.3 Å². The second-order valence-corrected chi connectivity index (χ2v) is 17.6. The number of aliphatic imine (C=N–C) groups is 1. The highest BCUT2D eigenvalue weighted by Gasteiger charge is 2.31. The topological polar surface area (TPSA) is 164 Å². The van der Waals surface area contributed by atoms with E-state index in [2.05, 4.69) is 49.9 Å². The Bertz CT molecular complexity index is 1470. The summed E-state index contributed by atoms with van der Waals surface area (Å²) in [4.78, 5) is 63.3. The lowest BCUT2D eigenvalue weighted by Gasteiger charge is -2.30. The molecule has 0 saturated heterocycles. The van der Waals surface area contributed by atoms with Gasteiger partial charge >= 0.3 is 0 Å². The number of Topliss-reactive ketones (excluding diaryl/α,β-unsaturated/α-hetero) is 2. The highest BCUT2D eigenvalue weighted by molar-refractivity contribution is 5.93. The van der Waals surface area contributed by atoms with Crippen LogP contribution < -0.4 is 16.8 Å². The van der Waals surface area contributed by atoms with Crippen LogP contribution in [-0.4, -0.2) is 64.9 Å². The van der Waals surface area contributed by atoms with Gasteiger partial charge in [-0.15, -0.1) is 0 Å². The van der Waals surface area contributed by atoms with Crippen molar-refractivity contribution in [2.75, 3.05) is 19.6 Å². The van der Waals surface area contributed by atoms with Gasteiger partial charge < -0.3 is 26.7 Å². The summed E-state index contributed by atoms with van der Waals surface area (Å²) in [7, 11) is 0. The van der Waals surface area contributed by atoms with E-state index in [0.29, 0.717) is 44.7 Å². The third-order valence-electron chi connectivity index (χ3n) is 10.7. The van der Waals surface area contributed by atoms with Crippen LogP contribution in [-0.2, 0) is 25.6 Å². The first-order valence-electron chi connectivity index (χ1n) is 21.9. The Morgan fingerprint density at radius 2 is 1.46 bits per heavy atom. The molecule has 0 saturated carbocycles. The summed E-state index contributed by atoms with van der Waals surface area (Å²) in [5.74, 6) is -1.05. The van der Waals surface area contributed by atoms with Crippen molar-refractivity contribution in [2.24, 2.45) is 33.7 Å². The molecule has 2 amide bonds. The van der Waals surface area contributed by atoms with Gasteiger partial charge in [-0.1, -0.05) is 130 Å². The largest absolute Gasteiger partial charge is 0.370 e. The molecule has 10 nitrogen and oxygen atoms in total. The zero-order valence-electron chi connectivity index (χ0n) is 36.1. The standard InChI is InChI=1S/C46H78N6O4/c1-7-8-9-10-11-12-13-14-15-16-17-18-19-23-39(54)31-37(30-38-33-50-41-25-21-20-24-40(38)41)43(55)51-42(26-22-28-49-45(47)48)44(56)52(34-36(3)53)29-27-35(2)32-46(4,5)6/h20-21,24-25,33,35,37,42,50H,7-19,22-23,26-32,34H2,1-6H3,(H,51,55)(H4,47,48,49)/t35?,37-,42-/m0/s1. The van der Waals surface area contributed by atoms with E-state index in [9.17, 15) is 19.2 Å². The Morgan fingerprint density at radius 1 is 0.857 bits per heavy atom. The molecule has 6 N–H and O–H groups in total. The minimum atomic E-state index is -0.893. The molecule has 0 spiro atoms. The van der Waals surface area contributed by atoms with Crippen LogP contribution in [0.4, 0.5) is 0 Å². The van der Waals surface area contributed by atoms with Crippen molar-refractivity contribution in [1.82, 2.24) is 15.2 Å². The lowest BCUT2D eigenvalue weighted by Crippen LogP contribution is -2.51. The molecule has 0 aliphatic carbocycles. The predicted octanol–water partition coefficient (Wildman–Crippen LogP) is 9.19. The molecule has 0 fully saturated rings. The maximum absolute atomic E-state index is 14.3. The molecule has 10 heteroatoms. The number of fused-ring (bicyclic) bond motifs is 1. The second kappa shape index (κ2) is 27.0. The molecule has 1 heterocycles. The first-order chi connectivity index (χ1) is 26.7. The van der Waals surface area contributed by atoms with E-state index in [1.54, 1.807) is 4.90 Å². The molecule has 0 aliphatic rings. The maximum Gasteiger partial charge on any atom is 0.245 e. The number of ketones is 2. The summed E-state index contributed by atoms with van der Waals surface area (Å²) in [6.07, 6.45) is 21.3. The molecule has 0 bridgehead atoms. The molecule has 56 heavy (non-hydrogen) atoms. The highest BCUT2D eigenvalue weighted by atomic mass is 16.2. The number of carbonyl (C=O) groups excluding carboxylic acids is 4. The Hall–Kier alpha value is -3.69. The third kappa shape index (κ3) is 21.0. The van der Waals surface area contributed by atoms with Crippen LogP contribution >= 0.6 is 0 Å². The number of guanidine groups is 1. The lowest BCUT2D eigenvalue weighted by atomic mass is 9.84. The Kier molecular flexibility index (Phi) is 23.4. The van der Waals surface area contributed by atoms with Crippen LogP contribution in [0.3, 0.4) is 0 Å². The average Bonchev–Trinajstić information content (AvgIpc) is 3.54. The summed E-state index contributed by atoms with van der Waals surface area (Å²) in [5.41, 5.74) is 13.2. The molecule has 316 valence electrons. The van der Waals surface area contributed by atoms with Crippen LogP contribution in [0.1, 0.15) is 169 Å². The Labute approximate surface area is 339 Å². The molecular formula is C46H78N6O4. The van der Waals surface area contributed by atoms with Crippen molar-refractivity contribution in [1.29, 1.82) is 0 Å². The molecule has 2 rings (SSSR count). The quantitative estimate of drug-likeness (QED) is 0.0339. The average molecular weight is 779 g/mol. The molecule has 2 aromatic rings. The van der Waals surface area contributed by atoms with E-state index >= 15 is 0 Å². The summed E-state index contributed by atoms with van der Waals surface area (Å²) >= 11 is 0. The number of nitrogens with zero attached hydrogens (tertiary/aromatic N) is 2. The Morgan fingerprint density at radius 3 is 2.05 bits per heavy atom. The van der Waals surface area contributed by atoms with E-state index in [1.807, 2.05) is 30.5 Å². The van der Waals surface area contributed by atoms with Gasteiger partial charge in [-0.05, 0) is 68.4 Å².